The fraction of sp³-hybridized carbons (Fsp3) is 0. The van der Waals surface area contributed by atoms with Crippen LogP contribution in [0, 0.1) is 15.9 Å². The van der Waals surface area contributed by atoms with E-state index in [2.05, 4.69) is 14.6 Å². The fourth-order valence-electron chi connectivity index (χ4n) is 1.26. The second-order valence-electron chi connectivity index (χ2n) is 3.14. The summed E-state index contributed by atoms with van der Waals surface area (Å²) in [4.78, 5) is 20.5. The molecule has 0 saturated carbocycles. The molecule has 0 amide bonds. The highest BCUT2D eigenvalue weighted by Gasteiger charge is 2.22. The Morgan fingerprint density at radius 2 is 2.17 bits per heavy atom. The Balaban J connectivity index is 2.57. The molecule has 1 heterocycles. The first-order chi connectivity index (χ1) is 8.49. The third-order valence-electron chi connectivity index (χ3n) is 1.99. The molecule has 0 radical (unpaired) electrons. The Morgan fingerprint density at radius 1 is 1.44 bits per heavy atom. The number of rotatable bonds is 3. The van der Waals surface area contributed by atoms with Crippen molar-refractivity contribution in [1.82, 2.24) is 10.2 Å². The summed E-state index contributed by atoms with van der Waals surface area (Å²) in [5.41, 5.74) is -0.739. The maximum absolute atomic E-state index is 13.0. The van der Waals surface area contributed by atoms with Crippen LogP contribution < -0.4 is 0 Å². The minimum absolute atomic E-state index is 0.278. The Kier molecular flexibility index (Phi) is 2.72. The summed E-state index contributed by atoms with van der Waals surface area (Å²) in [5, 5.41) is 25.8. The Bertz CT molecular complexity index is 639. The Morgan fingerprint density at radius 3 is 2.72 bits per heavy atom. The zero-order valence-electron chi connectivity index (χ0n) is 8.53. The highest BCUT2D eigenvalue weighted by molar-refractivity contribution is 5.82. The number of benzene rings is 1. The summed E-state index contributed by atoms with van der Waals surface area (Å²) >= 11 is 0. The molecule has 0 aliphatic rings. The van der Waals surface area contributed by atoms with Crippen molar-refractivity contribution < 1.29 is 23.6 Å². The van der Waals surface area contributed by atoms with Gasteiger partial charge in [0.1, 0.15) is 11.4 Å². The molecule has 2 rings (SSSR count). The summed E-state index contributed by atoms with van der Waals surface area (Å²) < 4.78 is 17.7. The third-order valence-corrected chi connectivity index (χ3v) is 1.99. The number of aromatic carboxylic acids is 1. The van der Waals surface area contributed by atoms with Gasteiger partial charge in [0.2, 0.25) is 0 Å². The molecule has 2 aromatic rings. The van der Waals surface area contributed by atoms with Gasteiger partial charge in [-0.2, -0.15) is 0 Å². The van der Waals surface area contributed by atoms with Gasteiger partial charge in [-0.15, -0.1) is 10.2 Å². The molecular formula is C9H4FN3O5. The van der Waals surface area contributed by atoms with Gasteiger partial charge < -0.3 is 9.52 Å². The highest BCUT2D eigenvalue weighted by atomic mass is 19.1. The first-order valence-electron chi connectivity index (χ1n) is 4.50. The van der Waals surface area contributed by atoms with E-state index < -0.39 is 34.2 Å². The Hall–Kier alpha value is -2.84. The minimum Gasteiger partial charge on any atom is -0.474 e. The first-order valence-corrected chi connectivity index (χ1v) is 4.50. The molecular weight excluding hydrogens is 249 g/mol. The summed E-state index contributed by atoms with van der Waals surface area (Å²) in [6, 6.07) is 2.64. The van der Waals surface area contributed by atoms with Crippen LogP contribution in [0.25, 0.3) is 11.5 Å². The van der Waals surface area contributed by atoms with Gasteiger partial charge >= 0.3 is 11.9 Å². The van der Waals surface area contributed by atoms with Gasteiger partial charge in [0.25, 0.3) is 11.6 Å². The van der Waals surface area contributed by atoms with Crippen molar-refractivity contribution in [2.45, 2.75) is 0 Å². The monoisotopic (exact) mass is 253 g/mol. The van der Waals surface area contributed by atoms with Crippen molar-refractivity contribution in [2.75, 3.05) is 0 Å². The van der Waals surface area contributed by atoms with E-state index in [1.807, 2.05) is 0 Å². The molecule has 1 aromatic heterocycles. The van der Waals surface area contributed by atoms with E-state index >= 15 is 0 Å². The average Bonchev–Trinajstić information content (AvgIpc) is 2.77. The van der Waals surface area contributed by atoms with Crippen LogP contribution in [0.5, 0.6) is 0 Å². The molecule has 1 N–H and O–H groups in total. The van der Waals surface area contributed by atoms with Gasteiger partial charge in [-0.25, -0.2) is 9.18 Å². The van der Waals surface area contributed by atoms with Crippen molar-refractivity contribution >= 4 is 11.7 Å². The molecule has 0 fully saturated rings. The van der Waals surface area contributed by atoms with E-state index in [4.69, 9.17) is 5.11 Å². The molecule has 18 heavy (non-hydrogen) atoms. The zero-order chi connectivity index (χ0) is 13.3. The number of aromatic nitrogens is 2. The van der Waals surface area contributed by atoms with Crippen LogP contribution >= 0.6 is 0 Å². The lowest BCUT2D eigenvalue weighted by molar-refractivity contribution is -0.384. The van der Waals surface area contributed by atoms with Crippen molar-refractivity contribution in [3.05, 3.63) is 40.0 Å². The topological polar surface area (TPSA) is 119 Å². The van der Waals surface area contributed by atoms with Crippen LogP contribution in [0.4, 0.5) is 10.1 Å². The SMILES string of the molecule is O=C(O)c1nnc(-c2cc(F)ccc2[N+](=O)[O-])o1. The second kappa shape index (κ2) is 4.20. The number of halogens is 1. The number of hydrogen-bond acceptors (Lipinski definition) is 6. The molecule has 0 unspecified atom stereocenters. The summed E-state index contributed by atoms with van der Waals surface area (Å²) in [6.07, 6.45) is 0. The summed E-state index contributed by atoms with van der Waals surface area (Å²) in [7, 11) is 0. The number of carboxylic acids is 1. The molecule has 0 spiro atoms. The van der Waals surface area contributed by atoms with Crippen molar-refractivity contribution in [3.63, 3.8) is 0 Å². The van der Waals surface area contributed by atoms with Crippen LogP contribution in [-0.2, 0) is 0 Å². The average molecular weight is 253 g/mol. The summed E-state index contributed by atoms with van der Waals surface area (Å²) in [5.74, 6) is -3.39. The van der Waals surface area contributed by atoms with Crippen LogP contribution in [0.1, 0.15) is 10.7 Å². The lowest BCUT2D eigenvalue weighted by atomic mass is 10.2. The van der Waals surface area contributed by atoms with E-state index in [0.29, 0.717) is 0 Å². The predicted molar refractivity (Wildman–Crippen MR) is 53.3 cm³/mol. The standard InChI is InChI=1S/C9H4FN3O5/c10-4-1-2-6(13(16)17)5(3-4)7-11-12-8(18-7)9(14)15/h1-3H,(H,14,15). The molecule has 92 valence electrons. The van der Waals surface area contributed by atoms with Gasteiger partial charge in [0, 0.05) is 6.07 Å². The molecule has 0 bridgehead atoms. The van der Waals surface area contributed by atoms with Gasteiger partial charge in [-0.05, 0) is 12.1 Å². The lowest BCUT2D eigenvalue weighted by Gasteiger charge is -1.97. The molecule has 9 heteroatoms. The largest absolute Gasteiger partial charge is 0.474 e. The molecule has 1 aromatic carbocycles. The van der Waals surface area contributed by atoms with Crippen molar-refractivity contribution in [1.29, 1.82) is 0 Å². The molecule has 0 aliphatic carbocycles. The molecule has 0 saturated heterocycles. The molecule has 0 atom stereocenters. The van der Waals surface area contributed by atoms with E-state index in [1.54, 1.807) is 0 Å². The molecule has 8 nitrogen and oxygen atoms in total. The van der Waals surface area contributed by atoms with Crippen LogP contribution in [0.2, 0.25) is 0 Å². The van der Waals surface area contributed by atoms with E-state index in [0.717, 1.165) is 18.2 Å². The highest BCUT2D eigenvalue weighted by Crippen LogP contribution is 2.29. The number of nitro benzene ring substituents is 1. The first kappa shape index (κ1) is 11.6. The van der Waals surface area contributed by atoms with Crippen LogP contribution in [-0.4, -0.2) is 26.2 Å². The number of hydrogen-bond donors (Lipinski definition) is 1. The van der Waals surface area contributed by atoms with Gasteiger partial charge in [-0.1, -0.05) is 0 Å². The minimum atomic E-state index is -1.48. The van der Waals surface area contributed by atoms with E-state index in [9.17, 15) is 19.3 Å². The maximum atomic E-state index is 13.0. The third kappa shape index (κ3) is 2.00. The second-order valence-corrected chi connectivity index (χ2v) is 3.14. The van der Waals surface area contributed by atoms with E-state index in [1.165, 1.54) is 0 Å². The van der Waals surface area contributed by atoms with Crippen molar-refractivity contribution in [3.8, 4) is 11.5 Å². The zero-order valence-corrected chi connectivity index (χ0v) is 8.53. The smallest absolute Gasteiger partial charge is 0.393 e. The Labute approximate surface area is 97.8 Å². The lowest BCUT2D eigenvalue weighted by Crippen LogP contribution is -1.95. The van der Waals surface area contributed by atoms with Gasteiger partial charge in [0.15, 0.2) is 0 Å². The van der Waals surface area contributed by atoms with Gasteiger partial charge in [-0.3, -0.25) is 10.1 Å². The molecule has 0 aliphatic heterocycles. The maximum Gasteiger partial charge on any atom is 0.393 e. The number of carbonyl (C=O) groups is 1. The van der Waals surface area contributed by atoms with E-state index in [-0.39, 0.29) is 5.56 Å². The van der Waals surface area contributed by atoms with Crippen LogP contribution in [0.15, 0.2) is 22.6 Å². The quantitative estimate of drug-likeness (QED) is 0.649. The fourth-order valence-corrected chi connectivity index (χ4v) is 1.26. The van der Waals surface area contributed by atoms with Crippen LogP contribution in [0.3, 0.4) is 0 Å². The summed E-state index contributed by atoms with van der Waals surface area (Å²) in [6.45, 7) is 0. The normalized spacial score (nSPS) is 10.3. The van der Waals surface area contributed by atoms with Gasteiger partial charge in [0.05, 0.1) is 4.92 Å². The number of nitrogens with zero attached hydrogens (tertiary/aromatic N) is 3. The number of carboxylic acid groups (broad SMARTS) is 1. The van der Waals surface area contributed by atoms with Crippen molar-refractivity contribution in [2.24, 2.45) is 0 Å². The predicted octanol–water partition coefficient (Wildman–Crippen LogP) is 1.48. The number of nitro groups is 1.